The summed E-state index contributed by atoms with van der Waals surface area (Å²) in [5, 5.41) is 2.99. The topological polar surface area (TPSA) is 49.4 Å². The molecule has 0 aliphatic carbocycles. The Morgan fingerprint density at radius 1 is 1.20 bits per heavy atom. The van der Waals surface area contributed by atoms with E-state index in [9.17, 15) is 14.0 Å². The molecule has 0 saturated heterocycles. The Balaban J connectivity index is 2.17. The van der Waals surface area contributed by atoms with E-state index >= 15 is 0 Å². The van der Waals surface area contributed by atoms with E-state index in [0.29, 0.717) is 16.1 Å². The van der Waals surface area contributed by atoms with Crippen LogP contribution in [-0.2, 0) is 4.79 Å². The lowest BCUT2D eigenvalue weighted by molar-refractivity contribution is -0.121. The van der Waals surface area contributed by atoms with Crippen LogP contribution in [-0.4, -0.2) is 36.9 Å². The van der Waals surface area contributed by atoms with E-state index in [1.807, 2.05) is 6.92 Å². The smallest absolute Gasteiger partial charge is 0.253 e. The SMILES string of the molecule is CNC(=O)CC(C)N(C)C(=O)c1ccc(-c2cc(F)ccc2Cl)cc1. The highest BCUT2D eigenvalue weighted by Crippen LogP contribution is 2.29. The van der Waals surface area contributed by atoms with Gasteiger partial charge in [0.25, 0.3) is 5.91 Å². The highest BCUT2D eigenvalue weighted by atomic mass is 35.5. The Labute approximate surface area is 151 Å². The van der Waals surface area contributed by atoms with Crippen molar-refractivity contribution in [2.45, 2.75) is 19.4 Å². The van der Waals surface area contributed by atoms with Crippen molar-refractivity contribution in [3.63, 3.8) is 0 Å². The minimum absolute atomic E-state index is 0.122. The molecule has 2 rings (SSSR count). The quantitative estimate of drug-likeness (QED) is 0.880. The van der Waals surface area contributed by atoms with Crippen molar-refractivity contribution < 1.29 is 14.0 Å². The predicted octanol–water partition coefficient (Wildman–Crippen LogP) is 3.74. The first-order valence-electron chi connectivity index (χ1n) is 7.86. The standard InChI is InChI=1S/C19H20ClFN2O2/c1-12(10-18(24)22-2)23(3)19(25)14-6-4-13(5-7-14)16-11-15(21)8-9-17(16)20/h4-9,11-12H,10H2,1-3H3,(H,22,24). The van der Waals surface area contributed by atoms with Crippen molar-refractivity contribution in [1.82, 2.24) is 10.2 Å². The molecule has 6 heteroatoms. The Bertz CT molecular complexity index is 777. The van der Waals surface area contributed by atoms with Crippen LogP contribution in [0.25, 0.3) is 11.1 Å². The first-order chi connectivity index (χ1) is 11.8. The van der Waals surface area contributed by atoms with E-state index < -0.39 is 0 Å². The van der Waals surface area contributed by atoms with E-state index in [-0.39, 0.29) is 30.1 Å². The lowest BCUT2D eigenvalue weighted by Gasteiger charge is -2.24. The Morgan fingerprint density at radius 2 is 1.84 bits per heavy atom. The van der Waals surface area contributed by atoms with Gasteiger partial charge < -0.3 is 10.2 Å². The van der Waals surface area contributed by atoms with Gasteiger partial charge in [0.1, 0.15) is 5.82 Å². The first-order valence-corrected chi connectivity index (χ1v) is 8.24. The minimum Gasteiger partial charge on any atom is -0.359 e. The van der Waals surface area contributed by atoms with Gasteiger partial charge in [-0.2, -0.15) is 0 Å². The number of nitrogens with zero attached hydrogens (tertiary/aromatic N) is 1. The maximum absolute atomic E-state index is 13.4. The van der Waals surface area contributed by atoms with Crippen LogP contribution in [0.5, 0.6) is 0 Å². The molecule has 4 nitrogen and oxygen atoms in total. The number of amides is 2. The summed E-state index contributed by atoms with van der Waals surface area (Å²) >= 11 is 6.11. The summed E-state index contributed by atoms with van der Waals surface area (Å²) < 4.78 is 13.4. The molecule has 0 heterocycles. The van der Waals surface area contributed by atoms with Crippen LogP contribution in [0.4, 0.5) is 4.39 Å². The molecule has 2 amide bonds. The third-order valence-electron chi connectivity index (χ3n) is 4.11. The molecule has 0 saturated carbocycles. The largest absolute Gasteiger partial charge is 0.359 e. The summed E-state index contributed by atoms with van der Waals surface area (Å²) in [5.41, 5.74) is 1.78. The molecule has 0 aliphatic rings. The summed E-state index contributed by atoms with van der Waals surface area (Å²) in [6, 6.07) is 10.7. The monoisotopic (exact) mass is 362 g/mol. The molecule has 0 aliphatic heterocycles. The average Bonchev–Trinajstić information content (AvgIpc) is 2.62. The van der Waals surface area contributed by atoms with Gasteiger partial charge in [-0.1, -0.05) is 23.7 Å². The number of benzene rings is 2. The lowest BCUT2D eigenvalue weighted by Crippen LogP contribution is -2.38. The van der Waals surface area contributed by atoms with Gasteiger partial charge in [0.2, 0.25) is 5.91 Å². The average molecular weight is 363 g/mol. The molecule has 0 fully saturated rings. The van der Waals surface area contributed by atoms with Gasteiger partial charge in [0, 0.05) is 42.7 Å². The molecule has 1 N–H and O–H groups in total. The van der Waals surface area contributed by atoms with E-state index in [1.165, 1.54) is 23.1 Å². The number of nitrogens with one attached hydrogen (secondary N) is 1. The molecular formula is C19H20ClFN2O2. The third-order valence-corrected chi connectivity index (χ3v) is 4.44. The van der Waals surface area contributed by atoms with Crippen LogP contribution in [0.15, 0.2) is 42.5 Å². The zero-order valence-corrected chi connectivity index (χ0v) is 15.1. The van der Waals surface area contributed by atoms with Crippen LogP contribution < -0.4 is 5.32 Å². The number of carbonyl (C=O) groups is 2. The maximum atomic E-state index is 13.4. The first kappa shape index (κ1) is 18.9. The number of hydrogen-bond acceptors (Lipinski definition) is 2. The fourth-order valence-electron chi connectivity index (χ4n) is 2.42. The van der Waals surface area contributed by atoms with Crippen molar-refractivity contribution >= 4 is 23.4 Å². The number of halogens is 2. The second-order valence-corrected chi connectivity index (χ2v) is 6.25. The second-order valence-electron chi connectivity index (χ2n) is 5.84. The van der Waals surface area contributed by atoms with Crippen molar-refractivity contribution in [2.75, 3.05) is 14.1 Å². The predicted molar refractivity (Wildman–Crippen MR) is 97.1 cm³/mol. The molecule has 132 valence electrons. The third kappa shape index (κ3) is 4.57. The Morgan fingerprint density at radius 3 is 2.44 bits per heavy atom. The van der Waals surface area contributed by atoms with Gasteiger partial charge in [-0.3, -0.25) is 9.59 Å². The van der Waals surface area contributed by atoms with E-state index in [2.05, 4.69) is 5.32 Å². The van der Waals surface area contributed by atoms with Crippen LogP contribution in [0.1, 0.15) is 23.7 Å². The van der Waals surface area contributed by atoms with Crippen LogP contribution in [0.3, 0.4) is 0 Å². The van der Waals surface area contributed by atoms with Gasteiger partial charge in [0.05, 0.1) is 0 Å². The highest BCUT2D eigenvalue weighted by Gasteiger charge is 2.19. The fraction of sp³-hybridized carbons (Fsp3) is 0.263. The highest BCUT2D eigenvalue weighted by molar-refractivity contribution is 6.33. The molecule has 0 radical (unpaired) electrons. The van der Waals surface area contributed by atoms with E-state index in [1.54, 1.807) is 38.4 Å². The van der Waals surface area contributed by atoms with Crippen LogP contribution >= 0.6 is 11.6 Å². The molecule has 1 atom stereocenters. The van der Waals surface area contributed by atoms with Gasteiger partial charge in [-0.25, -0.2) is 4.39 Å². The fourth-order valence-corrected chi connectivity index (χ4v) is 2.65. The van der Waals surface area contributed by atoms with Crippen LogP contribution in [0, 0.1) is 5.82 Å². The summed E-state index contributed by atoms with van der Waals surface area (Å²) in [6.07, 6.45) is 0.232. The van der Waals surface area contributed by atoms with Gasteiger partial charge in [0.15, 0.2) is 0 Å². The normalized spacial score (nSPS) is 11.7. The zero-order chi connectivity index (χ0) is 18.6. The van der Waals surface area contributed by atoms with Gasteiger partial charge >= 0.3 is 0 Å². The summed E-state index contributed by atoms with van der Waals surface area (Å²) in [7, 11) is 3.22. The number of hydrogen-bond donors (Lipinski definition) is 1. The van der Waals surface area contributed by atoms with E-state index in [4.69, 9.17) is 11.6 Å². The van der Waals surface area contributed by atoms with Gasteiger partial charge in [-0.05, 0) is 42.8 Å². The molecule has 1 unspecified atom stereocenters. The molecule has 0 spiro atoms. The van der Waals surface area contributed by atoms with Crippen molar-refractivity contribution in [3.05, 3.63) is 58.9 Å². The van der Waals surface area contributed by atoms with Crippen LogP contribution in [0.2, 0.25) is 5.02 Å². The summed E-state index contributed by atoms with van der Waals surface area (Å²) in [5.74, 6) is -0.682. The zero-order valence-electron chi connectivity index (χ0n) is 14.3. The molecule has 2 aromatic rings. The van der Waals surface area contributed by atoms with E-state index in [0.717, 1.165) is 5.56 Å². The minimum atomic E-state index is -0.373. The lowest BCUT2D eigenvalue weighted by atomic mass is 10.0. The Kier molecular flexibility index (Phi) is 6.15. The van der Waals surface area contributed by atoms with Crippen molar-refractivity contribution in [3.8, 4) is 11.1 Å². The molecule has 25 heavy (non-hydrogen) atoms. The molecular weight excluding hydrogens is 343 g/mol. The molecule has 0 aromatic heterocycles. The maximum Gasteiger partial charge on any atom is 0.253 e. The van der Waals surface area contributed by atoms with Crippen molar-refractivity contribution in [2.24, 2.45) is 0 Å². The van der Waals surface area contributed by atoms with Crippen molar-refractivity contribution in [1.29, 1.82) is 0 Å². The summed E-state index contributed by atoms with van der Waals surface area (Å²) in [6.45, 7) is 1.81. The molecule has 0 bridgehead atoms. The van der Waals surface area contributed by atoms with Gasteiger partial charge in [-0.15, -0.1) is 0 Å². The Hall–Kier alpha value is -2.40. The summed E-state index contributed by atoms with van der Waals surface area (Å²) in [4.78, 5) is 25.5. The number of carbonyl (C=O) groups excluding carboxylic acids is 2. The molecule has 2 aromatic carbocycles. The second kappa shape index (κ2) is 8.12. The number of rotatable bonds is 5.